The first kappa shape index (κ1) is 24.0. The molecule has 5 nitrogen and oxygen atoms in total. The highest BCUT2D eigenvalue weighted by atomic mass is 32.2. The molecule has 4 aromatic carbocycles. The van der Waals surface area contributed by atoms with Crippen LogP contribution in [-0.4, -0.2) is 21.4 Å². The van der Waals surface area contributed by atoms with Gasteiger partial charge in [-0.2, -0.15) is 4.31 Å². The molecular weight excluding hydrogens is 458 g/mol. The van der Waals surface area contributed by atoms with E-state index in [1.165, 1.54) is 19.2 Å². The van der Waals surface area contributed by atoms with Gasteiger partial charge in [0.1, 0.15) is 5.75 Å². The molecule has 0 fully saturated rings. The summed E-state index contributed by atoms with van der Waals surface area (Å²) in [5.41, 5.74) is 2.77. The molecule has 0 N–H and O–H groups in total. The minimum atomic E-state index is -4.23. The summed E-state index contributed by atoms with van der Waals surface area (Å²) in [6.07, 6.45) is 1.71. The van der Waals surface area contributed by atoms with Gasteiger partial charge in [0.05, 0.1) is 17.7 Å². The number of sulfonamides is 1. The number of nitrogens with zero attached hydrogens (tertiary/aromatic N) is 1. The Morgan fingerprint density at radius 2 is 1.34 bits per heavy atom. The molecule has 1 amide bonds. The van der Waals surface area contributed by atoms with Crippen molar-refractivity contribution in [2.45, 2.75) is 11.8 Å². The van der Waals surface area contributed by atoms with E-state index in [0.29, 0.717) is 11.3 Å². The lowest BCUT2D eigenvalue weighted by Crippen LogP contribution is -2.37. The average Bonchev–Trinajstić information content (AvgIpc) is 2.89. The van der Waals surface area contributed by atoms with E-state index in [-0.39, 0.29) is 16.2 Å². The number of aryl methyl sites for hydroxylation is 1. The third-order valence-electron chi connectivity index (χ3n) is 5.48. The third kappa shape index (κ3) is 5.34. The number of rotatable bonds is 7. The van der Waals surface area contributed by atoms with Crippen molar-refractivity contribution in [3.8, 4) is 5.75 Å². The number of hydrogen-bond acceptors (Lipinski definition) is 4. The molecule has 0 aliphatic carbocycles. The Morgan fingerprint density at radius 3 is 1.91 bits per heavy atom. The fraction of sp³-hybridized carbons (Fsp3) is 0.0690. The van der Waals surface area contributed by atoms with Crippen molar-refractivity contribution in [3.63, 3.8) is 0 Å². The van der Waals surface area contributed by atoms with Gasteiger partial charge in [-0.3, -0.25) is 4.79 Å². The Kier molecular flexibility index (Phi) is 7.13. The van der Waals surface area contributed by atoms with E-state index < -0.39 is 15.9 Å². The summed E-state index contributed by atoms with van der Waals surface area (Å²) in [5, 5.41) is 0. The maximum absolute atomic E-state index is 14.1. The quantitative estimate of drug-likeness (QED) is 0.240. The number of carbonyl (C=O) groups excluding carboxylic acids is 1. The molecule has 4 aromatic rings. The van der Waals surface area contributed by atoms with Crippen LogP contribution in [0.15, 0.2) is 114 Å². The van der Waals surface area contributed by atoms with Crippen molar-refractivity contribution < 1.29 is 17.9 Å². The van der Waals surface area contributed by atoms with Gasteiger partial charge >= 0.3 is 0 Å². The van der Waals surface area contributed by atoms with Crippen molar-refractivity contribution in [2.75, 3.05) is 11.4 Å². The van der Waals surface area contributed by atoms with Crippen LogP contribution in [0.5, 0.6) is 5.75 Å². The number of ether oxygens (including phenoxy) is 1. The molecular formula is C29H25NO4S. The SMILES string of the molecule is COc1ccc(N(C(=O)/C(=C/c2ccccc2)c2ccccc2)S(=O)(=O)c2ccc(C)cc2)cc1. The lowest BCUT2D eigenvalue weighted by Gasteiger charge is -2.24. The molecule has 0 saturated carbocycles. The predicted molar refractivity (Wildman–Crippen MR) is 140 cm³/mol. The van der Waals surface area contributed by atoms with Gasteiger partial charge in [-0.1, -0.05) is 78.4 Å². The molecule has 0 atom stereocenters. The second-order valence-electron chi connectivity index (χ2n) is 7.92. The second-order valence-corrected chi connectivity index (χ2v) is 9.71. The Morgan fingerprint density at radius 1 is 0.771 bits per heavy atom. The van der Waals surface area contributed by atoms with E-state index >= 15 is 0 Å². The highest BCUT2D eigenvalue weighted by molar-refractivity contribution is 7.93. The molecule has 0 radical (unpaired) electrons. The highest BCUT2D eigenvalue weighted by Gasteiger charge is 2.33. The van der Waals surface area contributed by atoms with Crippen molar-refractivity contribution >= 4 is 33.3 Å². The molecule has 0 saturated heterocycles. The van der Waals surface area contributed by atoms with E-state index in [9.17, 15) is 13.2 Å². The summed E-state index contributed by atoms with van der Waals surface area (Å²) in [6.45, 7) is 1.87. The number of methoxy groups -OCH3 is 1. The maximum atomic E-state index is 14.1. The zero-order valence-corrected chi connectivity index (χ0v) is 20.3. The first-order chi connectivity index (χ1) is 16.9. The van der Waals surface area contributed by atoms with Gasteiger partial charge < -0.3 is 4.74 Å². The summed E-state index contributed by atoms with van der Waals surface area (Å²) < 4.78 is 33.8. The van der Waals surface area contributed by atoms with Crippen molar-refractivity contribution in [3.05, 3.63) is 126 Å². The first-order valence-corrected chi connectivity index (χ1v) is 12.5. The topological polar surface area (TPSA) is 63.7 Å². The Balaban J connectivity index is 1.91. The van der Waals surface area contributed by atoms with Crippen molar-refractivity contribution in [2.24, 2.45) is 0 Å². The van der Waals surface area contributed by atoms with Gasteiger partial charge in [0.2, 0.25) is 0 Å². The van der Waals surface area contributed by atoms with Crippen molar-refractivity contribution in [1.82, 2.24) is 0 Å². The first-order valence-electron chi connectivity index (χ1n) is 11.0. The van der Waals surface area contributed by atoms with E-state index in [0.717, 1.165) is 15.4 Å². The summed E-state index contributed by atoms with van der Waals surface area (Å²) >= 11 is 0. The number of anilines is 1. The number of carbonyl (C=O) groups is 1. The van der Waals surface area contributed by atoms with E-state index in [4.69, 9.17) is 4.74 Å². The molecule has 0 bridgehead atoms. The summed E-state index contributed by atoms with van der Waals surface area (Å²) in [5.74, 6) is -0.109. The van der Waals surface area contributed by atoms with E-state index in [1.54, 1.807) is 54.6 Å². The molecule has 0 aromatic heterocycles. The van der Waals surface area contributed by atoms with Crippen LogP contribution in [0, 0.1) is 6.92 Å². The number of benzene rings is 4. The number of amides is 1. The second kappa shape index (κ2) is 10.4. The van der Waals surface area contributed by atoms with Crippen LogP contribution in [0.4, 0.5) is 5.69 Å². The van der Waals surface area contributed by atoms with Crippen LogP contribution >= 0.6 is 0 Å². The molecule has 0 unspecified atom stereocenters. The molecule has 0 heterocycles. The van der Waals surface area contributed by atoms with Crippen LogP contribution in [0.25, 0.3) is 11.6 Å². The smallest absolute Gasteiger partial charge is 0.272 e. The molecule has 35 heavy (non-hydrogen) atoms. The largest absolute Gasteiger partial charge is 0.497 e. The van der Waals surface area contributed by atoms with Crippen LogP contribution in [0.3, 0.4) is 0 Å². The fourth-order valence-corrected chi connectivity index (χ4v) is 5.02. The van der Waals surface area contributed by atoms with Gasteiger partial charge in [-0.15, -0.1) is 0 Å². The maximum Gasteiger partial charge on any atom is 0.272 e. The van der Waals surface area contributed by atoms with Crippen molar-refractivity contribution in [1.29, 1.82) is 0 Å². The molecule has 0 aliphatic heterocycles. The fourth-order valence-electron chi connectivity index (χ4n) is 3.61. The van der Waals surface area contributed by atoms with Gasteiger partial charge in [0, 0.05) is 5.57 Å². The third-order valence-corrected chi connectivity index (χ3v) is 7.20. The zero-order chi connectivity index (χ0) is 24.8. The lowest BCUT2D eigenvalue weighted by molar-refractivity contribution is -0.112. The lowest BCUT2D eigenvalue weighted by atomic mass is 10.0. The molecule has 0 aliphatic rings. The minimum absolute atomic E-state index is 0.0272. The van der Waals surface area contributed by atoms with Crippen LogP contribution < -0.4 is 9.04 Å². The number of hydrogen-bond donors (Lipinski definition) is 0. The van der Waals surface area contributed by atoms with Gasteiger partial charge in [0.15, 0.2) is 0 Å². The summed E-state index contributed by atoms with van der Waals surface area (Å²) in [7, 11) is -2.71. The monoisotopic (exact) mass is 483 g/mol. The zero-order valence-electron chi connectivity index (χ0n) is 19.5. The van der Waals surface area contributed by atoms with Crippen LogP contribution in [-0.2, 0) is 14.8 Å². The molecule has 6 heteroatoms. The Bertz CT molecular complexity index is 1430. The van der Waals surface area contributed by atoms with Gasteiger partial charge in [0.25, 0.3) is 15.9 Å². The van der Waals surface area contributed by atoms with Gasteiger partial charge in [-0.05, 0) is 60.5 Å². The Labute approximate surface area is 206 Å². The minimum Gasteiger partial charge on any atom is -0.497 e. The van der Waals surface area contributed by atoms with Gasteiger partial charge in [-0.25, -0.2) is 8.42 Å². The highest BCUT2D eigenvalue weighted by Crippen LogP contribution is 2.31. The molecule has 4 rings (SSSR count). The van der Waals surface area contributed by atoms with E-state index in [1.807, 2.05) is 55.5 Å². The van der Waals surface area contributed by atoms with E-state index in [2.05, 4.69) is 0 Å². The van der Waals surface area contributed by atoms with Crippen LogP contribution in [0.2, 0.25) is 0 Å². The predicted octanol–water partition coefficient (Wildman–Crippen LogP) is 5.97. The normalized spacial score (nSPS) is 11.7. The molecule has 0 spiro atoms. The van der Waals surface area contributed by atoms with Crippen LogP contribution in [0.1, 0.15) is 16.7 Å². The average molecular weight is 484 g/mol. The molecule has 176 valence electrons. The summed E-state index contributed by atoms with van der Waals surface area (Å²) in [6, 6.07) is 31.2. The standard InChI is InChI=1S/C29H25NO4S/c1-22-13-19-27(20-14-22)35(32,33)30(25-15-17-26(34-2)18-16-25)29(31)28(24-11-7-4-8-12-24)21-23-9-5-3-6-10-23/h3-21H,1-2H3/b28-21+. The summed E-state index contributed by atoms with van der Waals surface area (Å²) in [4.78, 5) is 14.2. The Hall–Kier alpha value is -4.16.